The Morgan fingerprint density at radius 3 is 2.56 bits per heavy atom. The van der Waals surface area contributed by atoms with Crippen LogP contribution in [0.3, 0.4) is 0 Å². The van der Waals surface area contributed by atoms with Crippen molar-refractivity contribution in [2.45, 2.75) is 31.9 Å². The Bertz CT molecular complexity index is 1570. The molecule has 0 saturated carbocycles. The molecule has 0 fully saturated rings. The lowest BCUT2D eigenvalue weighted by molar-refractivity contribution is -0.153. The number of hydrogen-bond acceptors (Lipinski definition) is 10. The van der Waals surface area contributed by atoms with Crippen LogP contribution in [0.1, 0.15) is 25.8 Å². The van der Waals surface area contributed by atoms with Crippen molar-refractivity contribution in [1.29, 1.82) is 0 Å². The summed E-state index contributed by atoms with van der Waals surface area (Å²) >= 11 is 6.13. The van der Waals surface area contributed by atoms with E-state index in [2.05, 4.69) is 37.1 Å². The van der Waals surface area contributed by atoms with Gasteiger partial charge in [0, 0.05) is 32.4 Å². The number of amides is 1. The molecule has 0 unspecified atom stereocenters. The zero-order valence-corrected chi connectivity index (χ0v) is 26.2. The Kier molecular flexibility index (Phi) is 10.0. The first-order valence-corrected chi connectivity index (χ1v) is 14.2. The smallest absolute Gasteiger partial charge is 0.422 e. The molecule has 0 atom stereocenters. The van der Waals surface area contributed by atoms with Gasteiger partial charge in [-0.2, -0.15) is 23.1 Å². The van der Waals surface area contributed by atoms with Gasteiger partial charge in [-0.1, -0.05) is 32.0 Å². The van der Waals surface area contributed by atoms with Crippen molar-refractivity contribution in [3.8, 4) is 5.88 Å². The number of carbonyl (C=O) groups excluding carboxylic acids is 1. The number of halogens is 5. The second kappa shape index (κ2) is 13.4. The number of fused-ring (bicyclic) bond motifs is 1. The van der Waals surface area contributed by atoms with Crippen LogP contribution in [-0.2, 0) is 10.2 Å². The molecule has 3 heterocycles. The molecule has 0 bridgehead atoms. The molecule has 2 aromatic heterocycles. The van der Waals surface area contributed by atoms with Gasteiger partial charge in [0.15, 0.2) is 12.4 Å². The van der Waals surface area contributed by atoms with Gasteiger partial charge in [0.25, 0.3) is 0 Å². The minimum Gasteiger partial charge on any atom is -0.466 e. The number of nitrogens with zero attached hydrogens (tertiary/aromatic N) is 7. The first-order chi connectivity index (χ1) is 21.1. The van der Waals surface area contributed by atoms with E-state index in [-0.39, 0.29) is 39.5 Å². The van der Waals surface area contributed by atoms with Crippen LogP contribution in [0.25, 0.3) is 0 Å². The van der Waals surface area contributed by atoms with Crippen LogP contribution in [-0.4, -0.2) is 84.3 Å². The molecule has 242 valence electrons. The summed E-state index contributed by atoms with van der Waals surface area (Å²) in [5.41, 5.74) is 1.11. The number of carbonyl (C=O) groups is 1. The predicted octanol–water partition coefficient (Wildman–Crippen LogP) is 5.69. The van der Waals surface area contributed by atoms with Gasteiger partial charge in [-0.15, -0.1) is 0 Å². The Morgan fingerprint density at radius 1 is 1.16 bits per heavy atom. The summed E-state index contributed by atoms with van der Waals surface area (Å²) in [6, 6.07) is 4.29. The fraction of sp³-hybridized carbons (Fsp3) is 0.414. The number of aromatic nitrogens is 4. The van der Waals surface area contributed by atoms with Gasteiger partial charge >= 0.3 is 6.18 Å². The summed E-state index contributed by atoms with van der Waals surface area (Å²) < 4.78 is 59.2. The van der Waals surface area contributed by atoms with Crippen molar-refractivity contribution in [3.63, 3.8) is 0 Å². The van der Waals surface area contributed by atoms with Crippen LogP contribution in [0.5, 0.6) is 5.88 Å². The van der Waals surface area contributed by atoms with Crippen LogP contribution in [0.2, 0.25) is 5.02 Å². The molecule has 2 N–H and O–H groups in total. The number of benzene rings is 1. The van der Waals surface area contributed by atoms with Crippen molar-refractivity contribution < 1.29 is 27.1 Å². The van der Waals surface area contributed by atoms with Gasteiger partial charge in [-0.3, -0.25) is 4.79 Å². The summed E-state index contributed by atoms with van der Waals surface area (Å²) in [6.45, 7) is 7.34. The average molecular weight is 652 g/mol. The Morgan fingerprint density at radius 2 is 1.89 bits per heavy atom. The third-order valence-electron chi connectivity index (χ3n) is 7.09. The second-order valence-electron chi connectivity index (χ2n) is 11.3. The van der Waals surface area contributed by atoms with E-state index in [1.165, 1.54) is 24.5 Å². The van der Waals surface area contributed by atoms with E-state index >= 15 is 0 Å². The minimum atomic E-state index is -4.65. The maximum atomic E-state index is 14.4. The molecule has 1 aromatic carbocycles. The Hall–Kier alpha value is -4.24. The molecule has 1 amide bonds. The van der Waals surface area contributed by atoms with E-state index < -0.39 is 30.4 Å². The fourth-order valence-electron chi connectivity index (χ4n) is 4.61. The van der Waals surface area contributed by atoms with Crippen molar-refractivity contribution in [3.05, 3.63) is 53.6 Å². The highest BCUT2D eigenvalue weighted by Gasteiger charge is 2.34. The van der Waals surface area contributed by atoms with Gasteiger partial charge in [0.1, 0.15) is 17.8 Å². The van der Waals surface area contributed by atoms with Crippen molar-refractivity contribution >= 4 is 52.3 Å². The van der Waals surface area contributed by atoms with Crippen molar-refractivity contribution in [2.24, 2.45) is 0 Å². The highest BCUT2D eigenvalue weighted by molar-refractivity contribution is 6.31. The first-order valence-electron chi connectivity index (χ1n) is 13.8. The second-order valence-corrected chi connectivity index (χ2v) is 11.7. The lowest BCUT2D eigenvalue weighted by Gasteiger charge is -2.39. The fourth-order valence-corrected chi connectivity index (χ4v) is 4.77. The minimum absolute atomic E-state index is 0.0482. The van der Waals surface area contributed by atoms with Crippen LogP contribution >= 0.6 is 11.6 Å². The van der Waals surface area contributed by atoms with Crippen LogP contribution in [0, 0.1) is 5.82 Å². The molecule has 0 aliphatic carbocycles. The summed E-state index contributed by atoms with van der Waals surface area (Å²) in [6.07, 6.45) is -1.73. The van der Waals surface area contributed by atoms with Crippen LogP contribution < -0.4 is 25.2 Å². The molecule has 11 nitrogen and oxygen atoms in total. The highest BCUT2D eigenvalue weighted by atomic mass is 35.5. The van der Waals surface area contributed by atoms with Gasteiger partial charge in [-0.05, 0) is 55.8 Å². The number of hydrogen-bond donors (Lipinski definition) is 2. The molecule has 4 rings (SSSR count). The predicted molar refractivity (Wildman–Crippen MR) is 166 cm³/mol. The average Bonchev–Trinajstić information content (AvgIpc) is 2.96. The topological polar surface area (TPSA) is 112 Å². The molecule has 45 heavy (non-hydrogen) atoms. The number of alkyl halides is 3. The third kappa shape index (κ3) is 8.28. The molecule has 1 aliphatic heterocycles. The number of ether oxygens (including phenoxy) is 1. The summed E-state index contributed by atoms with van der Waals surface area (Å²) in [7, 11) is 5.42. The molecule has 1 aliphatic rings. The molecule has 3 aromatic rings. The molecule has 0 saturated heterocycles. The first kappa shape index (κ1) is 33.6. The lowest BCUT2D eigenvalue weighted by atomic mass is 9.77. The molecule has 0 spiro atoms. The molecular weight excluding hydrogens is 618 g/mol. The maximum absolute atomic E-state index is 14.4. The Balaban J connectivity index is 1.76. The molecule has 16 heteroatoms. The zero-order valence-electron chi connectivity index (χ0n) is 25.5. The number of likely N-dealkylation sites (N-methyl/N-ethyl adjacent to an activating group) is 2. The van der Waals surface area contributed by atoms with Gasteiger partial charge < -0.3 is 30.1 Å². The van der Waals surface area contributed by atoms with Gasteiger partial charge in [-0.25, -0.2) is 14.4 Å². The largest absolute Gasteiger partial charge is 0.466 e. The zero-order chi connectivity index (χ0) is 33.1. The SMILES string of the molecule is C=CC(=O)Nc1cc(Nc2ncnc(N3CCC(C)(C)c4cc(F)c(Cl)cc43)n2)c(OCC(F)(F)F)nc1N(C)CCN(C)C. The standard InChI is InChI=1S/C29H34ClF4N9O2/c1-7-23(44)37-20-14-21(25(45-15-29(32,33)34)39-24(20)42(6)11-10-41(4)5)38-26-35-16-36-27(40-26)43-9-8-28(2,3)17-12-19(31)18(30)13-22(17)43/h7,12-14,16H,1,8-11,15H2,2-6H3,(H,37,44)(H,35,36,38,40). The van der Waals surface area contributed by atoms with Gasteiger partial charge in [0.05, 0.1) is 10.7 Å². The van der Waals surface area contributed by atoms with Crippen molar-refractivity contribution in [2.75, 3.05) is 67.8 Å². The summed E-state index contributed by atoms with van der Waals surface area (Å²) in [5.74, 6) is -1.19. The number of nitrogens with one attached hydrogen (secondary N) is 2. The van der Waals surface area contributed by atoms with E-state index in [1.807, 2.05) is 32.8 Å². The van der Waals surface area contributed by atoms with E-state index in [4.69, 9.17) is 16.3 Å². The van der Waals surface area contributed by atoms with Crippen LogP contribution in [0.15, 0.2) is 37.2 Å². The third-order valence-corrected chi connectivity index (χ3v) is 7.38. The number of rotatable bonds is 11. The molecular formula is C29H34ClF4N9O2. The lowest BCUT2D eigenvalue weighted by Crippen LogP contribution is -2.35. The van der Waals surface area contributed by atoms with E-state index in [0.717, 1.165) is 6.08 Å². The van der Waals surface area contributed by atoms with E-state index in [1.54, 1.807) is 16.8 Å². The molecule has 0 radical (unpaired) electrons. The normalized spacial score (nSPS) is 14.2. The Labute approximate surface area is 263 Å². The summed E-state index contributed by atoms with van der Waals surface area (Å²) in [5, 5.41) is 5.45. The van der Waals surface area contributed by atoms with E-state index in [0.29, 0.717) is 37.3 Å². The quantitative estimate of drug-likeness (QED) is 0.198. The highest BCUT2D eigenvalue weighted by Crippen LogP contribution is 2.44. The van der Waals surface area contributed by atoms with Gasteiger partial charge in [0.2, 0.25) is 23.7 Å². The number of anilines is 6. The van der Waals surface area contributed by atoms with Crippen LogP contribution in [0.4, 0.5) is 52.3 Å². The summed E-state index contributed by atoms with van der Waals surface area (Å²) in [4.78, 5) is 34.9. The number of pyridine rings is 1. The monoisotopic (exact) mass is 651 g/mol. The van der Waals surface area contributed by atoms with E-state index in [9.17, 15) is 22.4 Å². The maximum Gasteiger partial charge on any atom is 0.422 e. The van der Waals surface area contributed by atoms with Crippen molar-refractivity contribution in [1.82, 2.24) is 24.8 Å².